The molecule has 1 N–H and O–H groups in total. The van der Waals surface area contributed by atoms with Gasteiger partial charge in [0.2, 0.25) is 5.76 Å². The van der Waals surface area contributed by atoms with Gasteiger partial charge in [-0.15, -0.1) is 0 Å². The van der Waals surface area contributed by atoms with Crippen molar-refractivity contribution in [2.45, 2.75) is 18.9 Å². The molecule has 11 heavy (non-hydrogen) atoms. The maximum Gasteiger partial charge on any atom is 0.370 e. The molecule has 0 amide bonds. The van der Waals surface area contributed by atoms with Crippen molar-refractivity contribution in [3.63, 3.8) is 0 Å². The average molecular weight is 156 g/mol. The first-order valence-corrected chi connectivity index (χ1v) is 3.16. The first-order chi connectivity index (χ1) is 5.07. The van der Waals surface area contributed by atoms with Gasteiger partial charge >= 0.3 is 5.97 Å². The first kappa shape index (κ1) is 7.78. The molecule has 0 spiro atoms. The number of carboxylic acid groups (broad SMARTS) is 1. The largest absolute Gasteiger partial charge is 0.475 e. The highest BCUT2D eigenvalue weighted by Crippen LogP contribution is 2.25. The summed E-state index contributed by atoms with van der Waals surface area (Å²) >= 11 is 0. The van der Waals surface area contributed by atoms with E-state index in [1.165, 1.54) is 6.08 Å². The summed E-state index contributed by atoms with van der Waals surface area (Å²) in [6, 6.07) is 0. The molecule has 4 nitrogen and oxygen atoms in total. The quantitative estimate of drug-likeness (QED) is 0.585. The van der Waals surface area contributed by atoms with Crippen molar-refractivity contribution in [3.05, 3.63) is 11.8 Å². The fourth-order valence-electron chi connectivity index (χ4n) is 0.833. The van der Waals surface area contributed by atoms with Gasteiger partial charge in [0.1, 0.15) is 0 Å². The van der Waals surface area contributed by atoms with Crippen LogP contribution in [0.25, 0.3) is 0 Å². The summed E-state index contributed by atoms with van der Waals surface area (Å²) in [5, 5.41) is 8.43. The molecule has 0 aromatic heterocycles. The number of carbonyl (C=O) groups excluding carboxylic acids is 1. The normalized spacial score (nSPS) is 29.0. The van der Waals surface area contributed by atoms with Crippen LogP contribution in [0.5, 0.6) is 0 Å². The van der Waals surface area contributed by atoms with Crippen LogP contribution in [0.3, 0.4) is 0 Å². The molecule has 0 fully saturated rings. The molecule has 0 bridgehead atoms. The molecule has 0 saturated heterocycles. The SMILES string of the molecule is CC1(C=O)CC=C(C(=O)O)O1. The number of carboxylic acids is 1. The van der Waals surface area contributed by atoms with Crippen LogP contribution in [0.1, 0.15) is 13.3 Å². The maximum absolute atomic E-state index is 10.3. The third-order valence-corrected chi connectivity index (χ3v) is 1.50. The molecule has 1 unspecified atom stereocenters. The fraction of sp³-hybridized carbons (Fsp3) is 0.429. The third kappa shape index (κ3) is 1.39. The summed E-state index contributed by atoms with van der Waals surface area (Å²) in [7, 11) is 0. The molecule has 1 rings (SSSR count). The topological polar surface area (TPSA) is 63.6 Å². The van der Waals surface area contributed by atoms with Crippen LogP contribution in [0.2, 0.25) is 0 Å². The second-order valence-corrected chi connectivity index (χ2v) is 2.61. The lowest BCUT2D eigenvalue weighted by atomic mass is 10.1. The minimum Gasteiger partial charge on any atom is -0.475 e. The monoisotopic (exact) mass is 156 g/mol. The predicted molar refractivity (Wildman–Crippen MR) is 35.9 cm³/mol. The second kappa shape index (κ2) is 2.38. The number of rotatable bonds is 2. The van der Waals surface area contributed by atoms with E-state index in [9.17, 15) is 9.59 Å². The van der Waals surface area contributed by atoms with E-state index in [2.05, 4.69) is 0 Å². The van der Waals surface area contributed by atoms with Gasteiger partial charge in [0.25, 0.3) is 0 Å². The van der Waals surface area contributed by atoms with Gasteiger partial charge in [-0.05, 0) is 13.0 Å². The maximum atomic E-state index is 10.3. The van der Waals surface area contributed by atoms with Crippen molar-refractivity contribution in [3.8, 4) is 0 Å². The predicted octanol–water partition coefficient (Wildman–Crippen LogP) is 0.333. The van der Waals surface area contributed by atoms with Crippen molar-refractivity contribution < 1.29 is 19.4 Å². The zero-order chi connectivity index (χ0) is 8.48. The molecule has 1 atom stereocenters. The molecule has 60 valence electrons. The Labute approximate surface area is 63.5 Å². The Morgan fingerprint density at radius 1 is 1.91 bits per heavy atom. The summed E-state index contributed by atoms with van der Waals surface area (Å²) in [6.07, 6.45) is 2.34. The fourth-order valence-corrected chi connectivity index (χ4v) is 0.833. The van der Waals surface area contributed by atoms with Gasteiger partial charge in [-0.3, -0.25) is 4.79 Å². The van der Waals surface area contributed by atoms with Crippen molar-refractivity contribution in [1.29, 1.82) is 0 Å². The Kier molecular flexibility index (Phi) is 1.68. The highest BCUT2D eigenvalue weighted by Gasteiger charge is 2.33. The van der Waals surface area contributed by atoms with E-state index in [1.807, 2.05) is 0 Å². The lowest BCUT2D eigenvalue weighted by molar-refractivity contribution is -0.140. The lowest BCUT2D eigenvalue weighted by Crippen LogP contribution is -2.26. The molecule has 0 aliphatic carbocycles. The van der Waals surface area contributed by atoms with Crippen LogP contribution in [0, 0.1) is 0 Å². The summed E-state index contributed by atoms with van der Waals surface area (Å²) in [5.41, 5.74) is -0.965. The number of hydrogen-bond donors (Lipinski definition) is 1. The summed E-state index contributed by atoms with van der Waals surface area (Å²) < 4.78 is 4.85. The molecule has 1 heterocycles. The first-order valence-electron chi connectivity index (χ1n) is 3.16. The minimum atomic E-state index is -1.13. The van der Waals surface area contributed by atoms with Crippen molar-refractivity contribution in [1.82, 2.24) is 0 Å². The zero-order valence-electron chi connectivity index (χ0n) is 6.03. The molecular formula is C7H8O4. The molecule has 0 aromatic rings. The van der Waals surface area contributed by atoms with Crippen LogP contribution in [0.15, 0.2) is 11.8 Å². The van der Waals surface area contributed by atoms with Gasteiger partial charge in [0, 0.05) is 6.42 Å². The van der Waals surface area contributed by atoms with E-state index in [0.717, 1.165) is 0 Å². The van der Waals surface area contributed by atoms with Crippen molar-refractivity contribution in [2.75, 3.05) is 0 Å². The van der Waals surface area contributed by atoms with E-state index >= 15 is 0 Å². The Bertz CT molecular complexity index is 231. The Balaban J connectivity index is 2.69. The van der Waals surface area contributed by atoms with E-state index in [0.29, 0.717) is 12.7 Å². The molecule has 4 heteroatoms. The van der Waals surface area contributed by atoms with Gasteiger partial charge in [-0.2, -0.15) is 0 Å². The molecule has 1 aliphatic rings. The van der Waals surface area contributed by atoms with Gasteiger partial charge in [-0.1, -0.05) is 0 Å². The van der Waals surface area contributed by atoms with Crippen LogP contribution in [0.4, 0.5) is 0 Å². The highest BCUT2D eigenvalue weighted by atomic mass is 16.5. The van der Waals surface area contributed by atoms with Crippen molar-refractivity contribution in [2.24, 2.45) is 0 Å². The van der Waals surface area contributed by atoms with Crippen LogP contribution in [-0.2, 0) is 14.3 Å². The van der Waals surface area contributed by atoms with Crippen molar-refractivity contribution >= 4 is 12.3 Å². The molecule has 1 aliphatic heterocycles. The number of aldehydes is 1. The Morgan fingerprint density at radius 2 is 2.55 bits per heavy atom. The number of aliphatic carboxylic acids is 1. The Hall–Kier alpha value is -1.32. The summed E-state index contributed by atoms with van der Waals surface area (Å²) in [6.45, 7) is 1.55. The summed E-state index contributed by atoms with van der Waals surface area (Å²) in [5.74, 6) is -1.27. The number of carbonyl (C=O) groups is 2. The van der Waals surface area contributed by atoms with Gasteiger partial charge in [0.15, 0.2) is 11.9 Å². The average Bonchev–Trinajstić information content (AvgIpc) is 2.33. The van der Waals surface area contributed by atoms with E-state index < -0.39 is 11.6 Å². The van der Waals surface area contributed by atoms with Crippen LogP contribution >= 0.6 is 0 Å². The van der Waals surface area contributed by atoms with Gasteiger partial charge in [-0.25, -0.2) is 4.79 Å². The number of hydrogen-bond acceptors (Lipinski definition) is 3. The molecule has 0 radical (unpaired) electrons. The molecular weight excluding hydrogens is 148 g/mol. The smallest absolute Gasteiger partial charge is 0.370 e. The van der Waals surface area contributed by atoms with E-state index in [-0.39, 0.29) is 5.76 Å². The third-order valence-electron chi connectivity index (χ3n) is 1.50. The standard InChI is InChI=1S/C7H8O4/c1-7(4-8)3-2-5(11-7)6(9)10/h2,4H,3H2,1H3,(H,9,10). The minimum absolute atomic E-state index is 0.139. The van der Waals surface area contributed by atoms with Gasteiger partial charge < -0.3 is 9.84 Å². The lowest BCUT2D eigenvalue weighted by Gasteiger charge is -2.15. The van der Waals surface area contributed by atoms with Crippen LogP contribution in [-0.4, -0.2) is 23.0 Å². The Morgan fingerprint density at radius 3 is 2.82 bits per heavy atom. The second-order valence-electron chi connectivity index (χ2n) is 2.61. The summed E-state index contributed by atoms with van der Waals surface area (Å²) in [4.78, 5) is 20.6. The van der Waals surface area contributed by atoms with E-state index in [1.54, 1.807) is 6.92 Å². The molecule has 0 aromatic carbocycles. The van der Waals surface area contributed by atoms with E-state index in [4.69, 9.17) is 9.84 Å². The van der Waals surface area contributed by atoms with Crippen LogP contribution < -0.4 is 0 Å². The number of ether oxygens (including phenoxy) is 1. The highest BCUT2D eigenvalue weighted by molar-refractivity contribution is 5.86. The zero-order valence-corrected chi connectivity index (χ0v) is 6.03. The molecule has 0 saturated carbocycles. The van der Waals surface area contributed by atoms with Gasteiger partial charge in [0.05, 0.1) is 0 Å².